The third kappa shape index (κ3) is 3.27. The van der Waals surface area contributed by atoms with Crippen molar-refractivity contribution in [3.8, 4) is 10.7 Å². The fraction of sp³-hybridized carbons (Fsp3) is 0.250. The number of rotatable bonds is 4. The number of carbonyl (C=O) groups is 1. The summed E-state index contributed by atoms with van der Waals surface area (Å²) in [5, 5.41) is 9.73. The van der Waals surface area contributed by atoms with Crippen molar-refractivity contribution in [3.63, 3.8) is 0 Å². The summed E-state index contributed by atoms with van der Waals surface area (Å²) >= 11 is 1.19. The topological polar surface area (TPSA) is 98.7 Å². The second-order valence-electron chi connectivity index (χ2n) is 4.53. The predicted molar refractivity (Wildman–Crippen MR) is 75.1 cm³/mol. The van der Waals surface area contributed by atoms with Crippen molar-refractivity contribution < 1.29 is 22.5 Å². The second-order valence-corrected chi connectivity index (χ2v) is 5.70. The average Bonchev–Trinajstić information content (AvgIpc) is 3.25. The van der Waals surface area contributed by atoms with Crippen molar-refractivity contribution in [3.05, 3.63) is 35.1 Å². The summed E-state index contributed by atoms with van der Waals surface area (Å²) in [4.78, 5) is 19.8. The summed E-state index contributed by atoms with van der Waals surface area (Å²) in [6.07, 6.45) is -3.29. The van der Waals surface area contributed by atoms with Gasteiger partial charge in [-0.05, 0) is 12.1 Å². The van der Waals surface area contributed by atoms with Crippen LogP contribution in [0.1, 0.15) is 21.4 Å². The van der Waals surface area contributed by atoms with Gasteiger partial charge in [0.1, 0.15) is 6.33 Å². The Morgan fingerprint density at radius 3 is 2.88 bits per heavy atom. The summed E-state index contributed by atoms with van der Waals surface area (Å²) < 4.78 is 43.0. The molecular weight excluding hydrogens is 349 g/mol. The molecule has 0 aliphatic rings. The zero-order valence-electron chi connectivity index (χ0n) is 12.0. The number of hydrogen-bond donors (Lipinski definition) is 1. The van der Waals surface area contributed by atoms with Gasteiger partial charge in [0.15, 0.2) is 0 Å². The van der Waals surface area contributed by atoms with Crippen LogP contribution < -0.4 is 5.32 Å². The molecule has 1 N–H and O–H groups in total. The molecule has 0 saturated heterocycles. The van der Waals surface area contributed by atoms with Gasteiger partial charge in [-0.1, -0.05) is 5.16 Å². The molecule has 0 aliphatic carbocycles. The quantitative estimate of drug-likeness (QED) is 0.764. The number of hydrogen-bond acceptors (Lipinski definition) is 7. The Balaban J connectivity index is 1.75. The molecule has 126 valence electrons. The third-order valence-corrected chi connectivity index (χ3v) is 3.90. The Morgan fingerprint density at radius 2 is 2.21 bits per heavy atom. The number of nitrogens with zero attached hydrogens (tertiary/aromatic N) is 5. The molecule has 0 radical (unpaired) electrons. The molecule has 12 heteroatoms. The first-order valence-electron chi connectivity index (χ1n) is 6.48. The van der Waals surface area contributed by atoms with E-state index in [4.69, 9.17) is 0 Å². The maximum absolute atomic E-state index is 12.5. The van der Waals surface area contributed by atoms with Gasteiger partial charge in [-0.2, -0.15) is 18.2 Å². The van der Waals surface area contributed by atoms with Gasteiger partial charge in [0.05, 0.1) is 11.4 Å². The molecule has 0 saturated carbocycles. The molecule has 0 aliphatic heterocycles. The maximum atomic E-state index is 12.5. The smallest absolute Gasteiger partial charge is 0.352 e. The highest BCUT2D eigenvalue weighted by Crippen LogP contribution is 2.31. The standard InChI is InChI=1S/C12H9F3N6O2S/c1-16-10(22)9-17-5-21(19-9)4-6-2-3-7(24-6)8-18-11(23-20-8)12(13,14)15/h2-3,5H,4H2,1H3,(H,16,22). The Bertz CT molecular complexity index is 868. The van der Waals surface area contributed by atoms with Crippen LogP contribution in [0.5, 0.6) is 0 Å². The van der Waals surface area contributed by atoms with Crippen LogP contribution in [0.4, 0.5) is 13.2 Å². The monoisotopic (exact) mass is 358 g/mol. The molecule has 8 nitrogen and oxygen atoms in total. The van der Waals surface area contributed by atoms with E-state index in [1.54, 1.807) is 12.1 Å². The van der Waals surface area contributed by atoms with Gasteiger partial charge in [-0.15, -0.1) is 16.4 Å². The lowest BCUT2D eigenvalue weighted by Gasteiger charge is -1.96. The number of amides is 1. The van der Waals surface area contributed by atoms with Gasteiger partial charge in [0.2, 0.25) is 11.6 Å². The highest BCUT2D eigenvalue weighted by molar-refractivity contribution is 7.15. The van der Waals surface area contributed by atoms with E-state index in [9.17, 15) is 18.0 Å². The largest absolute Gasteiger partial charge is 0.471 e. The fourth-order valence-electron chi connectivity index (χ4n) is 1.77. The van der Waals surface area contributed by atoms with Gasteiger partial charge in [-0.25, -0.2) is 9.67 Å². The van der Waals surface area contributed by atoms with Crippen molar-refractivity contribution in [2.24, 2.45) is 0 Å². The Kier molecular flexibility index (Phi) is 4.05. The average molecular weight is 358 g/mol. The SMILES string of the molecule is CNC(=O)c1ncn(Cc2ccc(-c3noc(C(F)(F)F)n3)s2)n1. The van der Waals surface area contributed by atoms with Gasteiger partial charge in [-0.3, -0.25) is 4.79 Å². The van der Waals surface area contributed by atoms with Gasteiger partial charge in [0.25, 0.3) is 5.91 Å². The van der Waals surface area contributed by atoms with Crippen molar-refractivity contribution in [1.82, 2.24) is 30.2 Å². The molecule has 0 atom stereocenters. The van der Waals surface area contributed by atoms with E-state index in [-0.39, 0.29) is 11.6 Å². The number of aromatic nitrogens is 5. The Morgan fingerprint density at radius 1 is 1.42 bits per heavy atom. The maximum Gasteiger partial charge on any atom is 0.471 e. The lowest BCUT2D eigenvalue weighted by molar-refractivity contribution is -0.159. The molecule has 0 spiro atoms. The Labute approximate surface area is 136 Å². The first kappa shape index (κ1) is 16.1. The van der Waals surface area contributed by atoms with E-state index in [0.29, 0.717) is 11.4 Å². The van der Waals surface area contributed by atoms with Crippen molar-refractivity contribution in [2.75, 3.05) is 7.05 Å². The zero-order chi connectivity index (χ0) is 17.3. The minimum Gasteiger partial charge on any atom is -0.352 e. The zero-order valence-corrected chi connectivity index (χ0v) is 12.9. The van der Waals surface area contributed by atoms with Crippen LogP contribution in [0.2, 0.25) is 0 Å². The van der Waals surface area contributed by atoms with Crippen LogP contribution in [-0.4, -0.2) is 37.9 Å². The first-order valence-corrected chi connectivity index (χ1v) is 7.30. The lowest BCUT2D eigenvalue weighted by Crippen LogP contribution is -2.19. The van der Waals surface area contributed by atoms with E-state index in [2.05, 4.69) is 30.1 Å². The summed E-state index contributed by atoms with van der Waals surface area (Å²) in [7, 11) is 1.47. The van der Waals surface area contributed by atoms with Gasteiger partial charge in [0, 0.05) is 11.9 Å². The highest BCUT2D eigenvalue weighted by Gasteiger charge is 2.38. The number of halogens is 3. The van der Waals surface area contributed by atoms with E-state index >= 15 is 0 Å². The summed E-state index contributed by atoms with van der Waals surface area (Å²) in [6.45, 7) is 0.304. The molecule has 3 rings (SSSR count). The van der Waals surface area contributed by atoms with E-state index in [1.165, 1.54) is 29.4 Å². The molecule has 0 aromatic carbocycles. The number of alkyl halides is 3. The molecule has 1 amide bonds. The molecule has 24 heavy (non-hydrogen) atoms. The van der Waals surface area contributed by atoms with Crippen LogP contribution in [-0.2, 0) is 12.7 Å². The normalized spacial score (nSPS) is 11.7. The summed E-state index contributed by atoms with van der Waals surface area (Å²) in [6, 6.07) is 3.28. The van der Waals surface area contributed by atoms with Crippen LogP contribution in [0.15, 0.2) is 23.0 Å². The third-order valence-electron chi connectivity index (χ3n) is 2.84. The molecule has 3 aromatic heterocycles. The van der Waals surface area contributed by atoms with Gasteiger partial charge >= 0.3 is 12.1 Å². The second kappa shape index (κ2) is 6.03. The Hall–Kier alpha value is -2.76. The summed E-state index contributed by atoms with van der Waals surface area (Å²) in [5.41, 5.74) is 0. The predicted octanol–water partition coefficient (Wildman–Crippen LogP) is 1.82. The molecule has 0 bridgehead atoms. The first-order chi connectivity index (χ1) is 11.4. The van der Waals surface area contributed by atoms with Crippen molar-refractivity contribution in [1.29, 1.82) is 0 Å². The number of carbonyl (C=O) groups excluding carboxylic acids is 1. The minimum absolute atomic E-state index is 0.0299. The van der Waals surface area contributed by atoms with Crippen molar-refractivity contribution >= 4 is 17.2 Å². The van der Waals surface area contributed by atoms with Gasteiger partial charge < -0.3 is 9.84 Å². The minimum atomic E-state index is -4.68. The van der Waals surface area contributed by atoms with E-state index in [1.807, 2.05) is 0 Å². The van der Waals surface area contributed by atoms with Crippen LogP contribution >= 0.6 is 11.3 Å². The van der Waals surface area contributed by atoms with Crippen LogP contribution in [0.25, 0.3) is 10.7 Å². The molecule has 3 aromatic rings. The molecule has 3 heterocycles. The molecule has 0 fully saturated rings. The highest BCUT2D eigenvalue weighted by atomic mass is 32.1. The summed E-state index contributed by atoms with van der Waals surface area (Å²) in [5.74, 6) is -1.91. The van der Waals surface area contributed by atoms with Crippen LogP contribution in [0.3, 0.4) is 0 Å². The van der Waals surface area contributed by atoms with Crippen LogP contribution in [0, 0.1) is 0 Å². The van der Waals surface area contributed by atoms with E-state index < -0.39 is 18.0 Å². The van der Waals surface area contributed by atoms with Crippen molar-refractivity contribution in [2.45, 2.75) is 12.7 Å². The fourth-order valence-corrected chi connectivity index (χ4v) is 2.69. The lowest BCUT2D eigenvalue weighted by atomic mass is 10.4. The molecule has 0 unspecified atom stereocenters. The number of thiophene rings is 1. The molecular formula is C12H9F3N6O2S. The number of nitrogens with one attached hydrogen (secondary N) is 1. The van der Waals surface area contributed by atoms with E-state index in [0.717, 1.165) is 4.88 Å².